The van der Waals surface area contributed by atoms with E-state index in [2.05, 4.69) is 22.5 Å². The van der Waals surface area contributed by atoms with Gasteiger partial charge < -0.3 is 31.0 Å². The minimum absolute atomic E-state index is 0.0310. The van der Waals surface area contributed by atoms with Crippen LogP contribution in [0.5, 0.6) is 0 Å². The predicted molar refractivity (Wildman–Crippen MR) is 125 cm³/mol. The van der Waals surface area contributed by atoms with Gasteiger partial charge in [-0.1, -0.05) is 5.16 Å². The molecule has 3 unspecified atom stereocenters. The summed E-state index contributed by atoms with van der Waals surface area (Å²) in [4.78, 5) is 42.9. The molecule has 4 atom stereocenters. The van der Waals surface area contributed by atoms with Crippen molar-refractivity contribution in [2.24, 2.45) is 5.16 Å². The summed E-state index contributed by atoms with van der Waals surface area (Å²) in [6.07, 6.45) is 2.62. The maximum absolute atomic E-state index is 13.0. The van der Waals surface area contributed by atoms with Crippen molar-refractivity contribution in [3.8, 4) is 0 Å². The van der Waals surface area contributed by atoms with Crippen LogP contribution < -0.4 is 11.1 Å². The van der Waals surface area contributed by atoms with Crippen LogP contribution in [-0.4, -0.2) is 103 Å². The van der Waals surface area contributed by atoms with Gasteiger partial charge in [0, 0.05) is 42.6 Å². The smallest absolute Gasteiger partial charge is 0.352 e. The van der Waals surface area contributed by atoms with E-state index in [1.807, 2.05) is 0 Å². The number of carboxylic acids is 1. The molecule has 3 aliphatic rings. The number of oxime groups is 1. The van der Waals surface area contributed by atoms with Gasteiger partial charge in [-0.2, -0.15) is 0 Å². The number of nitrogen functional groups attached to an aromatic ring is 1. The van der Waals surface area contributed by atoms with E-state index >= 15 is 0 Å². The van der Waals surface area contributed by atoms with Crippen molar-refractivity contribution in [1.82, 2.24) is 15.2 Å². The van der Waals surface area contributed by atoms with Crippen molar-refractivity contribution in [2.75, 3.05) is 38.2 Å². The second-order valence-corrected chi connectivity index (χ2v) is 10.8. The maximum Gasteiger partial charge on any atom is 0.352 e. The van der Waals surface area contributed by atoms with Gasteiger partial charge in [-0.05, 0) is 0 Å². The lowest BCUT2D eigenvalue weighted by Gasteiger charge is -2.50. The lowest BCUT2D eigenvalue weighted by Crippen LogP contribution is -2.71. The molecule has 0 aliphatic carbocycles. The van der Waals surface area contributed by atoms with Crippen molar-refractivity contribution in [2.45, 2.75) is 36.7 Å². The van der Waals surface area contributed by atoms with Crippen LogP contribution in [0.3, 0.4) is 0 Å². The van der Waals surface area contributed by atoms with Crippen LogP contribution in [0.25, 0.3) is 0 Å². The molecule has 0 radical (unpaired) electrons. The Morgan fingerprint density at radius 2 is 2.21 bits per heavy atom. The zero-order valence-corrected chi connectivity index (χ0v) is 20.1. The molecule has 4 rings (SSSR count). The molecule has 1 aromatic rings. The van der Waals surface area contributed by atoms with E-state index in [-0.39, 0.29) is 34.9 Å². The summed E-state index contributed by atoms with van der Waals surface area (Å²) in [6, 6.07) is -0.717. The Balaban J connectivity index is 1.51. The topological polar surface area (TPSA) is 178 Å². The van der Waals surface area contributed by atoms with Crippen LogP contribution in [0.4, 0.5) is 5.13 Å². The highest BCUT2D eigenvalue weighted by molar-refractivity contribution is 8.00. The number of carbonyl (C=O) groups excluding carboxylic acids is 2. The lowest BCUT2D eigenvalue weighted by atomic mass is 10.0. The minimum atomic E-state index is -1.18. The van der Waals surface area contributed by atoms with E-state index in [4.69, 9.17) is 5.73 Å². The van der Waals surface area contributed by atoms with Crippen LogP contribution in [0.15, 0.2) is 21.8 Å². The molecule has 3 aliphatic heterocycles. The van der Waals surface area contributed by atoms with Gasteiger partial charge in [0.1, 0.15) is 29.4 Å². The molecular weight excluding hydrogens is 484 g/mol. The third kappa shape index (κ3) is 4.26. The number of β-lactam (4-membered cyclic amide) rings is 1. The van der Waals surface area contributed by atoms with Crippen molar-refractivity contribution < 1.29 is 34.3 Å². The molecule has 1 aromatic heterocycles. The normalized spacial score (nSPS) is 29.1. The molecule has 6 N–H and O–H groups in total. The number of thioether (sulfide) groups is 1. The number of amides is 2. The Morgan fingerprint density at radius 3 is 2.82 bits per heavy atom. The van der Waals surface area contributed by atoms with Crippen molar-refractivity contribution in [1.29, 1.82) is 0 Å². The fourth-order valence-electron chi connectivity index (χ4n) is 5.06. The van der Waals surface area contributed by atoms with Gasteiger partial charge in [0.05, 0.1) is 19.6 Å². The first kappa shape index (κ1) is 24.4. The number of aliphatic hydroxyl groups excluding tert-OH is 1. The molecule has 2 fully saturated rings. The van der Waals surface area contributed by atoms with Crippen molar-refractivity contribution in [3.05, 3.63) is 22.3 Å². The summed E-state index contributed by atoms with van der Waals surface area (Å²) in [6.45, 7) is 1.45. The molecule has 34 heavy (non-hydrogen) atoms. The number of hydrogen-bond acceptors (Lipinski definition) is 10. The molecule has 0 spiro atoms. The Bertz CT molecular complexity index is 1070. The van der Waals surface area contributed by atoms with Gasteiger partial charge in [0.2, 0.25) is 0 Å². The Kier molecular flexibility index (Phi) is 6.85. The summed E-state index contributed by atoms with van der Waals surface area (Å²) in [5, 5.41) is 35.2. The lowest BCUT2D eigenvalue weighted by molar-refractivity contribution is -0.917. The van der Waals surface area contributed by atoms with E-state index in [0.29, 0.717) is 28.8 Å². The van der Waals surface area contributed by atoms with Gasteiger partial charge in [0.25, 0.3) is 11.8 Å². The number of thiazole rings is 1. The number of hydrogen-bond donors (Lipinski definition) is 5. The average molecular weight is 512 g/mol. The first-order valence-corrected chi connectivity index (χ1v) is 12.7. The van der Waals surface area contributed by atoms with Crippen LogP contribution in [0.2, 0.25) is 0 Å². The third-order valence-corrected chi connectivity index (χ3v) is 8.73. The van der Waals surface area contributed by atoms with Crippen molar-refractivity contribution >= 4 is 51.7 Å². The molecule has 0 saturated carbocycles. The molecule has 2 saturated heterocycles. The van der Waals surface area contributed by atoms with Crippen LogP contribution in [-0.2, 0) is 14.4 Å². The van der Waals surface area contributed by atoms with Gasteiger partial charge >= 0.3 is 5.97 Å². The van der Waals surface area contributed by atoms with Gasteiger partial charge in [-0.3, -0.25) is 14.5 Å². The maximum atomic E-state index is 13.0. The van der Waals surface area contributed by atoms with Gasteiger partial charge in [0.15, 0.2) is 10.8 Å². The first-order valence-electron chi connectivity index (χ1n) is 10.8. The fourth-order valence-corrected chi connectivity index (χ4v) is 6.94. The quantitative estimate of drug-likeness (QED) is 0.102. The number of carbonyl (C=O) groups is 3. The minimum Gasteiger partial charge on any atom is -0.477 e. The van der Waals surface area contributed by atoms with Gasteiger partial charge in [-0.15, -0.1) is 23.1 Å². The van der Waals surface area contributed by atoms with E-state index in [1.165, 1.54) is 22.0 Å². The van der Waals surface area contributed by atoms with E-state index < -0.39 is 29.2 Å². The SMILES string of the molecule is C[N+]1(CC2=C(C(=O)O)N3C(=O)C(NC(=O)C(=NO)c4csc(N)n4)[C@H]3SC2)CCCC1CCO. The summed E-state index contributed by atoms with van der Waals surface area (Å²) in [5.41, 5.74) is 5.92. The molecule has 0 aromatic carbocycles. The standard InChI is InChI=1S/C20H26N6O6S2/c1-26(5-2-3-11(26)4-6-27)7-10-8-33-18-14(17(29)25(18)15(10)19(30)31)23-16(28)13(24-32)12-9-34-20(21)22-12/h9,11,14,18,27H,2-8H2,1H3,(H4-,21,22,23,28,30,31,32)/p+1/t11?,14?,18-,26?/m1/s1. The number of nitrogens with one attached hydrogen (secondary N) is 1. The Morgan fingerprint density at radius 1 is 1.44 bits per heavy atom. The molecule has 0 bridgehead atoms. The first-order chi connectivity index (χ1) is 16.2. The van der Waals surface area contributed by atoms with Crippen LogP contribution in [0, 0.1) is 0 Å². The third-order valence-electron chi connectivity index (χ3n) is 6.72. The molecule has 12 nitrogen and oxygen atoms in total. The van der Waals surface area contributed by atoms with E-state index in [0.717, 1.165) is 30.7 Å². The number of rotatable bonds is 8. The number of carboxylic acid groups (broad SMARTS) is 1. The zero-order valence-electron chi connectivity index (χ0n) is 18.5. The van der Waals surface area contributed by atoms with E-state index in [1.54, 1.807) is 0 Å². The highest BCUT2D eigenvalue weighted by atomic mass is 32.2. The predicted octanol–water partition coefficient (Wildman–Crippen LogP) is -0.366. The highest BCUT2D eigenvalue weighted by Crippen LogP contribution is 2.42. The summed E-state index contributed by atoms with van der Waals surface area (Å²) >= 11 is 2.46. The van der Waals surface area contributed by atoms with Crippen LogP contribution in [0.1, 0.15) is 25.0 Å². The summed E-state index contributed by atoms with van der Waals surface area (Å²) in [5.74, 6) is -2.11. The number of aliphatic carboxylic acids is 1. The number of aromatic nitrogens is 1. The Labute approximate surface area is 203 Å². The number of quaternary nitrogens is 1. The molecule has 14 heteroatoms. The van der Waals surface area contributed by atoms with Gasteiger partial charge in [-0.25, -0.2) is 9.78 Å². The molecule has 4 heterocycles. The number of likely N-dealkylation sites (N-methyl/N-ethyl adjacent to an activating group) is 1. The van der Waals surface area contributed by atoms with Crippen LogP contribution >= 0.6 is 23.1 Å². The van der Waals surface area contributed by atoms with Crippen molar-refractivity contribution in [3.63, 3.8) is 0 Å². The largest absolute Gasteiger partial charge is 0.477 e. The number of anilines is 1. The Hall–Kier alpha value is -2.68. The summed E-state index contributed by atoms with van der Waals surface area (Å²) in [7, 11) is 2.07. The number of likely N-dealkylation sites (tertiary alicyclic amines) is 1. The number of nitrogens with zero attached hydrogens (tertiary/aromatic N) is 4. The number of fused-ring (bicyclic) bond motifs is 1. The highest BCUT2D eigenvalue weighted by Gasteiger charge is 2.55. The zero-order chi connectivity index (χ0) is 24.6. The average Bonchev–Trinajstić information content (AvgIpc) is 3.37. The summed E-state index contributed by atoms with van der Waals surface area (Å²) < 4.78 is 0.632. The monoisotopic (exact) mass is 511 g/mol. The molecule has 184 valence electrons. The number of nitrogens with two attached hydrogens (primary N) is 1. The fraction of sp³-hybridized carbons (Fsp3) is 0.550. The second kappa shape index (κ2) is 9.52. The number of aliphatic hydroxyl groups is 1. The molecule has 2 amide bonds. The van der Waals surface area contributed by atoms with E-state index in [9.17, 15) is 29.8 Å². The second-order valence-electron chi connectivity index (χ2n) is 8.81. The molecular formula is C20H27N6O6S2+.